The van der Waals surface area contributed by atoms with Gasteiger partial charge in [-0.15, -0.1) is 0 Å². The van der Waals surface area contributed by atoms with Crippen LogP contribution in [0.5, 0.6) is 0 Å². The van der Waals surface area contributed by atoms with Crippen LogP contribution in [-0.4, -0.2) is 53.8 Å². The second-order valence-electron chi connectivity index (χ2n) is 5.31. The van der Waals surface area contributed by atoms with E-state index in [4.69, 9.17) is 4.74 Å². The van der Waals surface area contributed by atoms with Crippen LogP contribution in [0.2, 0.25) is 0 Å². The monoisotopic (exact) mass is 280 g/mol. The first-order chi connectivity index (χ1) is 9.58. The van der Waals surface area contributed by atoms with E-state index in [2.05, 4.69) is 15.8 Å². The van der Waals surface area contributed by atoms with Gasteiger partial charge in [0.25, 0.3) is 5.91 Å². The number of nitrogens with zero attached hydrogens (tertiary/aromatic N) is 2. The van der Waals surface area contributed by atoms with E-state index in [9.17, 15) is 14.4 Å². The highest BCUT2D eigenvalue weighted by molar-refractivity contribution is 6.39. The SMILES string of the molecule is O=C1CCC(C(=O)N2CCC3(CC2)CNC(=O)O3)=NN1. The fourth-order valence-electron chi connectivity index (χ4n) is 2.71. The molecule has 0 aromatic rings. The summed E-state index contributed by atoms with van der Waals surface area (Å²) >= 11 is 0. The number of likely N-dealkylation sites (tertiary alicyclic amines) is 1. The number of nitrogens with one attached hydrogen (secondary N) is 2. The summed E-state index contributed by atoms with van der Waals surface area (Å²) in [7, 11) is 0. The lowest BCUT2D eigenvalue weighted by Crippen LogP contribution is -2.50. The topological polar surface area (TPSA) is 100 Å². The van der Waals surface area contributed by atoms with Crippen LogP contribution in [0.3, 0.4) is 0 Å². The Morgan fingerprint density at radius 1 is 1.25 bits per heavy atom. The van der Waals surface area contributed by atoms with Crippen LogP contribution in [0.15, 0.2) is 5.10 Å². The number of hydrazone groups is 1. The zero-order valence-electron chi connectivity index (χ0n) is 11.0. The number of ether oxygens (including phenoxy) is 1. The molecule has 0 aromatic heterocycles. The molecule has 2 N–H and O–H groups in total. The zero-order valence-corrected chi connectivity index (χ0v) is 11.0. The maximum atomic E-state index is 12.2. The summed E-state index contributed by atoms with van der Waals surface area (Å²) in [6.07, 6.45) is 1.53. The molecule has 2 fully saturated rings. The summed E-state index contributed by atoms with van der Waals surface area (Å²) in [5, 5.41) is 6.47. The maximum Gasteiger partial charge on any atom is 0.407 e. The van der Waals surface area contributed by atoms with E-state index < -0.39 is 5.60 Å². The molecule has 3 rings (SSSR count). The summed E-state index contributed by atoms with van der Waals surface area (Å²) in [4.78, 5) is 36.1. The highest BCUT2D eigenvalue weighted by Crippen LogP contribution is 2.29. The van der Waals surface area contributed by atoms with Gasteiger partial charge in [0, 0.05) is 38.8 Å². The molecular formula is C12H16N4O4. The molecule has 8 heteroatoms. The van der Waals surface area contributed by atoms with Gasteiger partial charge < -0.3 is 15.0 Å². The van der Waals surface area contributed by atoms with Gasteiger partial charge in [-0.05, 0) is 0 Å². The highest BCUT2D eigenvalue weighted by atomic mass is 16.6. The lowest BCUT2D eigenvalue weighted by molar-refractivity contribution is -0.127. The third-order valence-electron chi connectivity index (χ3n) is 3.98. The van der Waals surface area contributed by atoms with E-state index in [0.717, 1.165) is 0 Å². The van der Waals surface area contributed by atoms with Gasteiger partial charge in [0.1, 0.15) is 11.3 Å². The average molecular weight is 280 g/mol. The van der Waals surface area contributed by atoms with Crippen molar-refractivity contribution in [2.45, 2.75) is 31.3 Å². The summed E-state index contributed by atoms with van der Waals surface area (Å²) in [6, 6.07) is 0. The first-order valence-electron chi connectivity index (χ1n) is 6.70. The fourth-order valence-corrected chi connectivity index (χ4v) is 2.71. The summed E-state index contributed by atoms with van der Waals surface area (Å²) < 4.78 is 5.30. The number of carbonyl (C=O) groups excluding carboxylic acids is 3. The molecule has 0 saturated carbocycles. The summed E-state index contributed by atoms with van der Waals surface area (Å²) in [6.45, 7) is 1.56. The molecule has 3 amide bonds. The van der Waals surface area contributed by atoms with Crippen LogP contribution < -0.4 is 10.7 Å². The van der Waals surface area contributed by atoms with E-state index in [1.54, 1.807) is 4.90 Å². The molecule has 3 aliphatic heterocycles. The van der Waals surface area contributed by atoms with E-state index in [1.165, 1.54) is 0 Å². The molecule has 20 heavy (non-hydrogen) atoms. The predicted molar refractivity (Wildman–Crippen MR) is 67.8 cm³/mol. The average Bonchev–Trinajstić information content (AvgIpc) is 2.81. The first kappa shape index (κ1) is 12.9. The molecule has 1 spiro atoms. The molecule has 3 aliphatic rings. The Bertz CT molecular complexity index is 494. The molecule has 0 bridgehead atoms. The molecule has 3 heterocycles. The molecular weight excluding hydrogens is 264 g/mol. The molecule has 0 radical (unpaired) electrons. The maximum absolute atomic E-state index is 12.2. The smallest absolute Gasteiger partial charge is 0.407 e. The van der Waals surface area contributed by atoms with Crippen molar-refractivity contribution in [1.29, 1.82) is 0 Å². The van der Waals surface area contributed by atoms with Gasteiger partial charge in [0.2, 0.25) is 5.91 Å². The van der Waals surface area contributed by atoms with Crippen LogP contribution >= 0.6 is 0 Å². The third-order valence-corrected chi connectivity index (χ3v) is 3.98. The second kappa shape index (κ2) is 4.77. The highest BCUT2D eigenvalue weighted by Gasteiger charge is 2.44. The predicted octanol–water partition coefficient (Wildman–Crippen LogP) is -0.647. The number of hydrogen-bond acceptors (Lipinski definition) is 5. The second-order valence-corrected chi connectivity index (χ2v) is 5.31. The Balaban J connectivity index is 1.59. The van der Waals surface area contributed by atoms with E-state index in [0.29, 0.717) is 51.0 Å². The van der Waals surface area contributed by atoms with E-state index in [-0.39, 0.29) is 17.9 Å². The fraction of sp³-hybridized carbons (Fsp3) is 0.667. The number of piperidine rings is 1. The Kier molecular flexibility index (Phi) is 3.07. The van der Waals surface area contributed by atoms with Gasteiger partial charge in [-0.25, -0.2) is 10.2 Å². The molecule has 0 aliphatic carbocycles. The van der Waals surface area contributed by atoms with Gasteiger partial charge >= 0.3 is 6.09 Å². The van der Waals surface area contributed by atoms with Crippen molar-refractivity contribution in [2.24, 2.45) is 5.10 Å². The van der Waals surface area contributed by atoms with E-state index >= 15 is 0 Å². The summed E-state index contributed by atoms with van der Waals surface area (Å²) in [5.41, 5.74) is 2.26. The third kappa shape index (κ3) is 2.33. The van der Waals surface area contributed by atoms with Gasteiger partial charge in [-0.3, -0.25) is 9.59 Å². The van der Waals surface area contributed by atoms with Crippen molar-refractivity contribution in [1.82, 2.24) is 15.6 Å². The molecule has 0 unspecified atom stereocenters. The minimum absolute atomic E-state index is 0.142. The first-order valence-corrected chi connectivity index (χ1v) is 6.70. The zero-order chi connectivity index (χ0) is 14.2. The van der Waals surface area contributed by atoms with Crippen LogP contribution in [0.1, 0.15) is 25.7 Å². The van der Waals surface area contributed by atoms with Gasteiger partial charge in [-0.2, -0.15) is 5.10 Å². The van der Waals surface area contributed by atoms with Crippen molar-refractivity contribution >= 4 is 23.6 Å². The standard InChI is InChI=1S/C12H16N4O4/c17-9-2-1-8(14-15-9)10(18)16-5-3-12(4-6-16)7-13-11(19)20-12/h1-7H2,(H,13,19)(H,15,17). The lowest BCUT2D eigenvalue weighted by atomic mass is 9.91. The normalized spacial score (nSPS) is 24.8. The van der Waals surface area contributed by atoms with E-state index in [1.807, 2.05) is 0 Å². The minimum atomic E-state index is -0.462. The number of hydrogen-bond donors (Lipinski definition) is 2. The molecule has 0 atom stereocenters. The Labute approximate surface area is 115 Å². The Morgan fingerprint density at radius 3 is 2.55 bits per heavy atom. The van der Waals surface area contributed by atoms with Crippen molar-refractivity contribution in [3.8, 4) is 0 Å². The van der Waals surface area contributed by atoms with Crippen molar-refractivity contribution in [2.75, 3.05) is 19.6 Å². The molecule has 0 aromatic carbocycles. The van der Waals surface area contributed by atoms with Crippen LogP contribution in [-0.2, 0) is 14.3 Å². The quantitative estimate of drug-likeness (QED) is 0.666. The van der Waals surface area contributed by atoms with Gasteiger partial charge in [-0.1, -0.05) is 0 Å². The van der Waals surface area contributed by atoms with Crippen LogP contribution in [0, 0.1) is 0 Å². The Hall–Kier alpha value is -2.12. The van der Waals surface area contributed by atoms with Crippen molar-refractivity contribution in [3.05, 3.63) is 0 Å². The molecule has 2 saturated heterocycles. The van der Waals surface area contributed by atoms with Gasteiger partial charge in [0.15, 0.2) is 0 Å². The summed E-state index contributed by atoms with van der Waals surface area (Å²) in [5.74, 6) is -0.305. The lowest BCUT2D eigenvalue weighted by Gasteiger charge is -2.37. The van der Waals surface area contributed by atoms with Crippen molar-refractivity contribution < 1.29 is 19.1 Å². The van der Waals surface area contributed by atoms with Gasteiger partial charge in [0.05, 0.1) is 6.54 Å². The largest absolute Gasteiger partial charge is 0.441 e. The number of amides is 3. The number of alkyl carbamates (subject to hydrolysis) is 1. The molecule has 8 nitrogen and oxygen atoms in total. The van der Waals surface area contributed by atoms with Crippen molar-refractivity contribution in [3.63, 3.8) is 0 Å². The Morgan fingerprint density at radius 2 is 2.00 bits per heavy atom. The molecule has 108 valence electrons. The number of rotatable bonds is 1. The number of carbonyl (C=O) groups is 3. The van der Waals surface area contributed by atoms with Crippen LogP contribution in [0.4, 0.5) is 4.79 Å². The minimum Gasteiger partial charge on any atom is -0.441 e. The van der Waals surface area contributed by atoms with Crippen LogP contribution in [0.25, 0.3) is 0 Å².